The lowest BCUT2D eigenvalue weighted by Gasteiger charge is -2.53. The SMILES string of the molecule is NCCCc1ncc(C2C3CC4CC(C3)CC2C4)o1. The molecule has 0 unspecified atom stereocenters. The highest BCUT2D eigenvalue weighted by Gasteiger charge is 2.49. The van der Waals surface area contributed by atoms with Gasteiger partial charge in [0, 0.05) is 12.3 Å². The quantitative estimate of drug-likeness (QED) is 0.905. The van der Waals surface area contributed by atoms with Crippen molar-refractivity contribution in [1.29, 1.82) is 0 Å². The molecule has 4 fully saturated rings. The molecule has 0 atom stereocenters. The second-order valence-electron chi connectivity index (χ2n) is 7.01. The van der Waals surface area contributed by atoms with Gasteiger partial charge in [-0.25, -0.2) is 4.98 Å². The number of rotatable bonds is 4. The van der Waals surface area contributed by atoms with Gasteiger partial charge >= 0.3 is 0 Å². The van der Waals surface area contributed by atoms with Gasteiger partial charge in [0.15, 0.2) is 5.89 Å². The van der Waals surface area contributed by atoms with Gasteiger partial charge in [0.05, 0.1) is 6.20 Å². The maximum atomic E-state index is 6.04. The average Bonchev–Trinajstić information content (AvgIpc) is 2.83. The third kappa shape index (κ3) is 2.03. The molecule has 0 radical (unpaired) electrons. The molecule has 2 N–H and O–H groups in total. The van der Waals surface area contributed by atoms with E-state index < -0.39 is 0 Å². The summed E-state index contributed by atoms with van der Waals surface area (Å²) in [5.41, 5.74) is 5.55. The van der Waals surface area contributed by atoms with Crippen molar-refractivity contribution >= 4 is 0 Å². The maximum Gasteiger partial charge on any atom is 0.194 e. The van der Waals surface area contributed by atoms with Crippen LogP contribution in [0, 0.1) is 23.7 Å². The number of nitrogens with zero attached hydrogens (tertiary/aromatic N) is 1. The first kappa shape index (κ1) is 12.0. The van der Waals surface area contributed by atoms with Crippen molar-refractivity contribution in [2.45, 2.75) is 50.9 Å². The second-order valence-corrected chi connectivity index (χ2v) is 7.01. The summed E-state index contributed by atoms with van der Waals surface area (Å²) < 4.78 is 6.04. The minimum absolute atomic E-state index is 0.673. The van der Waals surface area contributed by atoms with E-state index in [1.165, 1.54) is 37.9 Å². The molecule has 5 rings (SSSR count). The normalized spacial score (nSPS) is 39.9. The number of nitrogens with two attached hydrogens (primary N) is 1. The van der Waals surface area contributed by atoms with Gasteiger partial charge < -0.3 is 10.2 Å². The summed E-state index contributed by atoms with van der Waals surface area (Å²) >= 11 is 0. The minimum atomic E-state index is 0.673. The van der Waals surface area contributed by atoms with Crippen molar-refractivity contribution in [2.24, 2.45) is 29.4 Å². The number of oxazole rings is 1. The Kier molecular flexibility index (Phi) is 2.91. The topological polar surface area (TPSA) is 52.0 Å². The van der Waals surface area contributed by atoms with Crippen LogP contribution in [0.1, 0.15) is 56.1 Å². The van der Waals surface area contributed by atoms with Crippen LogP contribution in [0.15, 0.2) is 10.6 Å². The highest BCUT2D eigenvalue weighted by Crippen LogP contribution is 2.59. The lowest BCUT2D eigenvalue weighted by molar-refractivity contribution is -0.00991. The van der Waals surface area contributed by atoms with Crippen molar-refractivity contribution in [1.82, 2.24) is 4.98 Å². The molecule has 3 heteroatoms. The van der Waals surface area contributed by atoms with Crippen LogP contribution < -0.4 is 5.73 Å². The van der Waals surface area contributed by atoms with Crippen LogP contribution in [0.2, 0.25) is 0 Å². The molecular formula is C16H24N2O. The van der Waals surface area contributed by atoms with Crippen LogP contribution >= 0.6 is 0 Å². The Morgan fingerprint density at radius 2 is 1.79 bits per heavy atom. The maximum absolute atomic E-state index is 6.04. The van der Waals surface area contributed by atoms with Gasteiger partial charge in [-0.2, -0.15) is 0 Å². The number of hydrogen-bond acceptors (Lipinski definition) is 3. The molecular weight excluding hydrogens is 236 g/mol. The molecule has 4 aliphatic carbocycles. The summed E-state index contributed by atoms with van der Waals surface area (Å²) in [6.07, 6.45) is 11.2. The number of aromatic nitrogens is 1. The van der Waals surface area contributed by atoms with Gasteiger partial charge in [0.25, 0.3) is 0 Å². The molecule has 4 bridgehead atoms. The lowest BCUT2D eigenvalue weighted by Crippen LogP contribution is -2.43. The fourth-order valence-corrected chi connectivity index (χ4v) is 5.24. The zero-order valence-corrected chi connectivity index (χ0v) is 11.6. The first-order valence-corrected chi connectivity index (χ1v) is 7.98. The summed E-state index contributed by atoms with van der Waals surface area (Å²) in [5.74, 6) is 6.57. The smallest absolute Gasteiger partial charge is 0.194 e. The number of hydrogen-bond donors (Lipinski definition) is 1. The predicted molar refractivity (Wildman–Crippen MR) is 73.7 cm³/mol. The Labute approximate surface area is 115 Å². The van der Waals surface area contributed by atoms with E-state index in [9.17, 15) is 0 Å². The largest absolute Gasteiger partial charge is 0.445 e. The van der Waals surface area contributed by atoms with Gasteiger partial charge in [0.2, 0.25) is 0 Å². The van der Waals surface area contributed by atoms with Crippen molar-refractivity contribution in [2.75, 3.05) is 6.54 Å². The van der Waals surface area contributed by atoms with Gasteiger partial charge in [-0.05, 0) is 68.7 Å². The molecule has 0 amide bonds. The Hall–Kier alpha value is -0.830. The fraction of sp³-hybridized carbons (Fsp3) is 0.812. The van der Waals surface area contributed by atoms with Crippen molar-refractivity contribution in [3.05, 3.63) is 17.8 Å². The third-order valence-electron chi connectivity index (χ3n) is 5.72. The van der Waals surface area contributed by atoms with Crippen LogP contribution in [0.5, 0.6) is 0 Å². The van der Waals surface area contributed by atoms with E-state index in [1.807, 2.05) is 6.20 Å². The van der Waals surface area contributed by atoms with Gasteiger partial charge in [-0.1, -0.05) is 0 Å². The van der Waals surface area contributed by atoms with Crippen LogP contribution in [0.4, 0.5) is 0 Å². The van der Waals surface area contributed by atoms with E-state index >= 15 is 0 Å². The summed E-state index contributed by atoms with van der Waals surface area (Å²) in [4.78, 5) is 4.46. The first-order valence-electron chi connectivity index (χ1n) is 7.98. The predicted octanol–water partition coefficient (Wildman–Crippen LogP) is 3.11. The zero-order chi connectivity index (χ0) is 12.8. The van der Waals surface area contributed by atoms with Crippen LogP contribution in [-0.4, -0.2) is 11.5 Å². The van der Waals surface area contributed by atoms with Crippen LogP contribution in [0.3, 0.4) is 0 Å². The van der Waals surface area contributed by atoms with Crippen LogP contribution in [-0.2, 0) is 6.42 Å². The molecule has 19 heavy (non-hydrogen) atoms. The Morgan fingerprint density at radius 3 is 2.42 bits per heavy atom. The monoisotopic (exact) mass is 260 g/mol. The van der Waals surface area contributed by atoms with Crippen molar-refractivity contribution < 1.29 is 4.42 Å². The average molecular weight is 260 g/mol. The second kappa shape index (κ2) is 4.62. The van der Waals surface area contributed by atoms with Crippen LogP contribution in [0.25, 0.3) is 0 Å². The van der Waals surface area contributed by atoms with Crippen molar-refractivity contribution in [3.8, 4) is 0 Å². The molecule has 3 nitrogen and oxygen atoms in total. The fourth-order valence-electron chi connectivity index (χ4n) is 5.24. The Balaban J connectivity index is 1.54. The lowest BCUT2D eigenvalue weighted by atomic mass is 9.51. The molecule has 0 spiro atoms. The van der Waals surface area contributed by atoms with E-state index in [0.29, 0.717) is 5.92 Å². The van der Waals surface area contributed by atoms with E-state index in [4.69, 9.17) is 10.2 Å². The molecule has 0 saturated heterocycles. The molecule has 104 valence electrons. The molecule has 4 aliphatic rings. The molecule has 4 saturated carbocycles. The van der Waals surface area contributed by atoms with Gasteiger partial charge in [-0.3, -0.25) is 0 Å². The summed E-state index contributed by atoms with van der Waals surface area (Å²) in [7, 11) is 0. The summed E-state index contributed by atoms with van der Waals surface area (Å²) in [6, 6.07) is 0. The molecule has 1 aromatic heterocycles. The van der Waals surface area contributed by atoms with E-state index in [1.54, 1.807) is 0 Å². The molecule has 1 heterocycles. The highest BCUT2D eigenvalue weighted by molar-refractivity contribution is 5.13. The standard InChI is InChI=1S/C16H24N2O/c17-3-1-2-15-18-9-14(19-15)16-12-5-10-4-11(7-12)8-13(16)6-10/h9-13,16H,1-8,17H2. The third-order valence-corrected chi connectivity index (χ3v) is 5.72. The van der Waals surface area contributed by atoms with E-state index in [0.717, 1.165) is 48.9 Å². The number of aryl methyl sites for hydroxylation is 1. The molecule has 1 aromatic rings. The Morgan fingerprint density at radius 1 is 1.11 bits per heavy atom. The zero-order valence-electron chi connectivity index (χ0n) is 11.6. The molecule has 0 aliphatic heterocycles. The van der Waals surface area contributed by atoms with Gasteiger partial charge in [0.1, 0.15) is 5.76 Å². The van der Waals surface area contributed by atoms with E-state index in [2.05, 4.69) is 4.98 Å². The van der Waals surface area contributed by atoms with Gasteiger partial charge in [-0.15, -0.1) is 0 Å². The molecule has 0 aromatic carbocycles. The van der Waals surface area contributed by atoms with E-state index in [-0.39, 0.29) is 0 Å². The highest BCUT2D eigenvalue weighted by atomic mass is 16.4. The summed E-state index contributed by atoms with van der Waals surface area (Å²) in [6.45, 7) is 0.718. The van der Waals surface area contributed by atoms with Crippen molar-refractivity contribution in [3.63, 3.8) is 0 Å². The first-order chi connectivity index (χ1) is 9.33. The Bertz CT molecular complexity index is 425. The summed E-state index contributed by atoms with van der Waals surface area (Å²) in [5, 5.41) is 0. The minimum Gasteiger partial charge on any atom is -0.445 e.